The molecule has 0 aliphatic rings. The number of nitrogens with zero attached hydrogens (tertiary/aromatic N) is 1. The highest BCUT2D eigenvalue weighted by Crippen LogP contribution is 2.40. The standard InChI is InChI=1S/C36H38N6O7S/c1-36(2,3)21-17-28(33(48-5)29(18-21)42-50(6,45)46)41-35(44)40-27-13-14-30(25-10-8-7-9-24(25)27)49-23-15-16-38-32(20-23)39-22-11-12-26(34(37)43)31(19-22)47-4/h7-20,42H,1-6H3,(H2,37,43)(H,38,39)(H2,40,41,44). The van der Waals surface area contributed by atoms with Gasteiger partial charge in [-0.15, -0.1) is 0 Å². The van der Waals surface area contributed by atoms with E-state index in [1.165, 1.54) is 14.2 Å². The molecule has 0 saturated carbocycles. The summed E-state index contributed by atoms with van der Waals surface area (Å²) in [7, 11) is -0.783. The highest BCUT2D eigenvalue weighted by atomic mass is 32.2. The molecule has 1 heterocycles. The number of methoxy groups -OCH3 is 2. The number of nitrogens with two attached hydrogens (primary N) is 1. The van der Waals surface area contributed by atoms with Crippen LogP contribution in [0.2, 0.25) is 0 Å². The van der Waals surface area contributed by atoms with E-state index >= 15 is 0 Å². The van der Waals surface area contributed by atoms with Crippen molar-refractivity contribution in [1.82, 2.24) is 4.98 Å². The molecule has 0 spiro atoms. The van der Waals surface area contributed by atoms with Gasteiger partial charge >= 0.3 is 6.03 Å². The van der Waals surface area contributed by atoms with Crippen LogP contribution in [0.5, 0.6) is 23.0 Å². The third-order valence-electron chi connectivity index (χ3n) is 7.53. The van der Waals surface area contributed by atoms with E-state index < -0.39 is 22.0 Å². The lowest BCUT2D eigenvalue weighted by Crippen LogP contribution is -2.22. The fourth-order valence-corrected chi connectivity index (χ4v) is 5.74. The van der Waals surface area contributed by atoms with Crippen LogP contribution in [-0.4, -0.2) is 45.8 Å². The Balaban J connectivity index is 1.39. The van der Waals surface area contributed by atoms with Crippen LogP contribution in [0, 0.1) is 0 Å². The molecule has 0 unspecified atom stereocenters. The van der Waals surface area contributed by atoms with E-state index in [2.05, 4.69) is 25.7 Å². The minimum atomic E-state index is -3.64. The third-order valence-corrected chi connectivity index (χ3v) is 8.12. The van der Waals surface area contributed by atoms with Gasteiger partial charge in [-0.2, -0.15) is 0 Å². The van der Waals surface area contributed by atoms with Crippen molar-refractivity contribution in [3.63, 3.8) is 0 Å². The molecule has 260 valence electrons. The minimum absolute atomic E-state index is 0.167. The molecule has 4 aromatic carbocycles. The van der Waals surface area contributed by atoms with Crippen LogP contribution in [0.4, 0.5) is 33.4 Å². The van der Waals surface area contributed by atoms with E-state index in [1.807, 2.05) is 45.0 Å². The lowest BCUT2D eigenvalue weighted by molar-refractivity contribution is 0.0997. The van der Waals surface area contributed by atoms with E-state index in [0.717, 1.165) is 17.2 Å². The van der Waals surface area contributed by atoms with Gasteiger partial charge in [-0.05, 0) is 53.4 Å². The molecule has 5 aromatic rings. The van der Waals surface area contributed by atoms with Crippen LogP contribution in [0.25, 0.3) is 10.8 Å². The molecule has 0 aliphatic carbocycles. The number of hydrogen-bond acceptors (Lipinski definition) is 9. The molecule has 0 fully saturated rings. The number of sulfonamides is 1. The largest absolute Gasteiger partial charge is 0.496 e. The molecule has 6 N–H and O–H groups in total. The summed E-state index contributed by atoms with van der Waals surface area (Å²) in [5.74, 6) is 1.41. The van der Waals surface area contributed by atoms with Gasteiger partial charge in [0, 0.05) is 34.8 Å². The van der Waals surface area contributed by atoms with E-state index in [1.54, 1.807) is 60.8 Å². The van der Waals surface area contributed by atoms with Crippen molar-refractivity contribution in [1.29, 1.82) is 0 Å². The fourth-order valence-electron chi connectivity index (χ4n) is 5.19. The summed E-state index contributed by atoms with van der Waals surface area (Å²) in [4.78, 5) is 29.4. The van der Waals surface area contributed by atoms with E-state index in [0.29, 0.717) is 39.8 Å². The Hall–Kier alpha value is -6.02. The number of hydrogen-bond donors (Lipinski definition) is 5. The van der Waals surface area contributed by atoms with Crippen molar-refractivity contribution in [3.05, 3.63) is 96.2 Å². The van der Waals surface area contributed by atoms with Crippen LogP contribution in [0.15, 0.2) is 85.1 Å². The SMILES string of the molecule is COc1cc(Nc2cc(Oc3ccc(NC(=O)Nc4cc(C(C)(C)C)cc(NS(C)(=O)=O)c4OC)c4ccccc34)ccn2)ccc1C(N)=O. The summed E-state index contributed by atoms with van der Waals surface area (Å²) in [6, 6.07) is 22.1. The van der Waals surface area contributed by atoms with Crippen molar-refractivity contribution in [2.24, 2.45) is 5.73 Å². The predicted molar refractivity (Wildman–Crippen MR) is 196 cm³/mol. The van der Waals surface area contributed by atoms with Gasteiger partial charge in [0.05, 0.1) is 43.1 Å². The monoisotopic (exact) mass is 698 g/mol. The molecule has 0 aliphatic heterocycles. The van der Waals surface area contributed by atoms with Gasteiger partial charge in [0.15, 0.2) is 5.75 Å². The van der Waals surface area contributed by atoms with Crippen LogP contribution >= 0.6 is 0 Å². The van der Waals surface area contributed by atoms with Crippen LogP contribution in [-0.2, 0) is 15.4 Å². The van der Waals surface area contributed by atoms with E-state index in [4.69, 9.17) is 19.9 Å². The van der Waals surface area contributed by atoms with Crippen molar-refractivity contribution >= 4 is 61.3 Å². The zero-order chi connectivity index (χ0) is 36.2. The number of pyridine rings is 1. The Labute approximate surface area is 290 Å². The number of nitrogens with one attached hydrogen (secondary N) is 4. The molecule has 0 radical (unpaired) electrons. The summed E-state index contributed by atoms with van der Waals surface area (Å²) in [5, 5.41) is 10.3. The van der Waals surface area contributed by atoms with Crippen molar-refractivity contribution < 1.29 is 32.2 Å². The molecule has 0 bridgehead atoms. The summed E-state index contributed by atoms with van der Waals surface area (Å²) in [6.07, 6.45) is 2.64. The first kappa shape index (κ1) is 35.3. The Morgan fingerprint density at radius 2 is 1.50 bits per heavy atom. The van der Waals surface area contributed by atoms with Crippen molar-refractivity contribution in [2.75, 3.05) is 41.1 Å². The maximum Gasteiger partial charge on any atom is 0.323 e. The Morgan fingerprint density at radius 1 is 0.800 bits per heavy atom. The third kappa shape index (κ3) is 8.33. The Bertz CT molecular complexity index is 2200. The number of rotatable bonds is 11. The van der Waals surface area contributed by atoms with E-state index in [-0.39, 0.29) is 28.1 Å². The first-order chi connectivity index (χ1) is 23.6. The molecule has 1 aromatic heterocycles. The Kier molecular flexibility index (Phi) is 10.0. The summed E-state index contributed by atoms with van der Waals surface area (Å²) in [5.41, 5.74) is 7.73. The number of amides is 3. The summed E-state index contributed by atoms with van der Waals surface area (Å²) >= 11 is 0. The van der Waals surface area contributed by atoms with Gasteiger partial charge in [0.25, 0.3) is 5.91 Å². The molecule has 0 atom stereocenters. The second kappa shape index (κ2) is 14.2. The first-order valence-corrected chi connectivity index (χ1v) is 17.2. The highest BCUT2D eigenvalue weighted by molar-refractivity contribution is 7.92. The van der Waals surface area contributed by atoms with Gasteiger partial charge in [-0.3, -0.25) is 9.52 Å². The fraction of sp³-hybridized carbons (Fsp3) is 0.194. The smallest absolute Gasteiger partial charge is 0.323 e. The minimum Gasteiger partial charge on any atom is -0.496 e. The highest BCUT2D eigenvalue weighted by Gasteiger charge is 2.22. The normalized spacial score (nSPS) is 11.4. The molecule has 0 saturated heterocycles. The topological polar surface area (TPSA) is 183 Å². The number of carbonyl (C=O) groups is 2. The first-order valence-electron chi connectivity index (χ1n) is 15.3. The maximum absolute atomic E-state index is 13.4. The molecule has 3 amide bonds. The van der Waals surface area contributed by atoms with Gasteiger partial charge in [-0.1, -0.05) is 45.0 Å². The van der Waals surface area contributed by atoms with Gasteiger partial charge in [0.1, 0.15) is 23.1 Å². The van der Waals surface area contributed by atoms with Crippen LogP contribution < -0.4 is 40.6 Å². The molecule has 14 heteroatoms. The number of carbonyl (C=O) groups excluding carboxylic acids is 2. The second-order valence-corrected chi connectivity index (χ2v) is 14.1. The number of primary amides is 1. The molecular weight excluding hydrogens is 660 g/mol. The quantitative estimate of drug-likeness (QED) is 0.0952. The van der Waals surface area contributed by atoms with Crippen LogP contribution in [0.3, 0.4) is 0 Å². The summed E-state index contributed by atoms with van der Waals surface area (Å²) in [6.45, 7) is 5.93. The number of aromatic nitrogens is 1. The lowest BCUT2D eigenvalue weighted by Gasteiger charge is -2.24. The van der Waals surface area contributed by atoms with Gasteiger partial charge < -0.3 is 35.9 Å². The zero-order valence-corrected chi connectivity index (χ0v) is 29.2. The average molecular weight is 699 g/mol. The van der Waals surface area contributed by atoms with Crippen molar-refractivity contribution in [3.8, 4) is 23.0 Å². The zero-order valence-electron chi connectivity index (χ0n) is 28.4. The van der Waals surface area contributed by atoms with E-state index in [9.17, 15) is 18.0 Å². The maximum atomic E-state index is 13.4. The Morgan fingerprint density at radius 3 is 2.16 bits per heavy atom. The number of anilines is 5. The van der Waals surface area contributed by atoms with Crippen molar-refractivity contribution in [2.45, 2.75) is 26.2 Å². The number of urea groups is 1. The predicted octanol–water partition coefficient (Wildman–Crippen LogP) is 7.20. The molecular formula is C36H38N6O7S. The summed E-state index contributed by atoms with van der Waals surface area (Å²) < 4.78 is 43.8. The molecule has 13 nitrogen and oxygen atoms in total. The number of benzene rings is 4. The average Bonchev–Trinajstić information content (AvgIpc) is 3.04. The van der Waals surface area contributed by atoms with Gasteiger partial charge in [0.2, 0.25) is 10.0 Å². The number of fused-ring (bicyclic) bond motifs is 1. The van der Waals surface area contributed by atoms with Gasteiger partial charge in [-0.25, -0.2) is 18.2 Å². The second-order valence-electron chi connectivity index (χ2n) is 12.3. The number of ether oxygens (including phenoxy) is 3. The molecule has 50 heavy (non-hydrogen) atoms. The lowest BCUT2D eigenvalue weighted by atomic mass is 9.86. The molecule has 5 rings (SSSR count). The van der Waals surface area contributed by atoms with Crippen LogP contribution in [0.1, 0.15) is 36.7 Å².